The second-order valence-electron chi connectivity index (χ2n) is 5.75. The van der Waals surface area contributed by atoms with E-state index in [4.69, 9.17) is 19.3 Å². The van der Waals surface area contributed by atoms with Crippen molar-refractivity contribution in [3.05, 3.63) is 0 Å². The summed E-state index contributed by atoms with van der Waals surface area (Å²) in [6, 6.07) is 0. The van der Waals surface area contributed by atoms with E-state index in [1.165, 1.54) is 0 Å². The van der Waals surface area contributed by atoms with Crippen LogP contribution in [0.2, 0.25) is 0 Å². The number of rotatable bonds is 6. The fraction of sp³-hybridized carbons (Fsp3) is 1.00. The smallest absolute Gasteiger partial charge is 0.285 e. The number of hydrogen-bond acceptors (Lipinski definition) is 4. The number of unbranched alkanes of at least 4 members (excludes halogenated alkanes) is 2. The molecular formula is C13H24O4. The topological polar surface area (TPSA) is 47.9 Å². The first-order valence-electron chi connectivity index (χ1n) is 6.63. The predicted octanol–water partition coefficient (Wildman–Crippen LogP) is 1.91. The van der Waals surface area contributed by atoms with E-state index < -0.39 is 5.97 Å². The van der Waals surface area contributed by atoms with Gasteiger partial charge in [-0.2, -0.15) is 0 Å². The van der Waals surface area contributed by atoms with E-state index in [1.807, 2.05) is 0 Å². The number of fused-ring (bicyclic) bond motifs is 3. The molecule has 3 aliphatic rings. The lowest BCUT2D eigenvalue weighted by atomic mass is 9.89. The fourth-order valence-electron chi connectivity index (χ4n) is 2.42. The van der Waals surface area contributed by atoms with E-state index in [1.54, 1.807) is 0 Å². The standard InChI is InChI=1S/C13H24O4/c1-11(6-4-3-5-7-14)13-15-8-12(2,9-16-13)10-17-13/h11,14H,3-10H2,1-2H3. The first-order valence-corrected chi connectivity index (χ1v) is 6.63. The summed E-state index contributed by atoms with van der Waals surface area (Å²) in [5.74, 6) is -0.553. The molecule has 3 rings (SSSR count). The molecular weight excluding hydrogens is 220 g/mol. The lowest BCUT2D eigenvalue weighted by Gasteiger charge is -2.52. The average Bonchev–Trinajstić information content (AvgIpc) is 2.36. The zero-order chi connectivity index (χ0) is 12.4. The van der Waals surface area contributed by atoms with E-state index in [0.29, 0.717) is 0 Å². The Morgan fingerprint density at radius 3 is 2.18 bits per heavy atom. The van der Waals surface area contributed by atoms with Crippen LogP contribution in [-0.2, 0) is 14.2 Å². The van der Waals surface area contributed by atoms with Gasteiger partial charge in [0.1, 0.15) is 0 Å². The lowest BCUT2D eigenvalue weighted by molar-refractivity contribution is -0.482. The van der Waals surface area contributed by atoms with Crippen LogP contribution in [0.15, 0.2) is 0 Å². The third kappa shape index (κ3) is 2.81. The van der Waals surface area contributed by atoms with Crippen LogP contribution in [0.1, 0.15) is 39.5 Å². The van der Waals surface area contributed by atoms with Crippen LogP contribution in [0.5, 0.6) is 0 Å². The van der Waals surface area contributed by atoms with Crippen LogP contribution in [0.4, 0.5) is 0 Å². The molecule has 4 heteroatoms. The summed E-state index contributed by atoms with van der Waals surface area (Å²) in [6.07, 6.45) is 4.02. The molecule has 0 amide bonds. The predicted molar refractivity (Wildman–Crippen MR) is 63.4 cm³/mol. The highest BCUT2D eigenvalue weighted by atomic mass is 16.9. The first-order chi connectivity index (χ1) is 8.10. The zero-order valence-corrected chi connectivity index (χ0v) is 10.9. The molecule has 0 aliphatic carbocycles. The molecule has 17 heavy (non-hydrogen) atoms. The minimum atomic E-state index is -0.795. The highest BCUT2D eigenvalue weighted by Gasteiger charge is 2.53. The molecule has 0 aromatic rings. The second kappa shape index (κ2) is 5.22. The van der Waals surface area contributed by atoms with E-state index in [9.17, 15) is 0 Å². The SMILES string of the molecule is CC(CCCCCO)C12OCC(C)(CO1)CO2. The Hall–Kier alpha value is -0.160. The van der Waals surface area contributed by atoms with Crippen LogP contribution in [0, 0.1) is 11.3 Å². The van der Waals surface area contributed by atoms with Crippen molar-refractivity contribution < 1.29 is 19.3 Å². The third-order valence-electron chi connectivity index (χ3n) is 3.76. The van der Waals surface area contributed by atoms with E-state index in [-0.39, 0.29) is 17.9 Å². The lowest BCUT2D eigenvalue weighted by Crippen LogP contribution is -2.61. The average molecular weight is 244 g/mol. The van der Waals surface area contributed by atoms with Crippen LogP contribution in [-0.4, -0.2) is 37.5 Å². The Labute approximate surface area is 103 Å². The molecule has 0 aromatic carbocycles. The van der Waals surface area contributed by atoms with Crippen molar-refractivity contribution in [2.24, 2.45) is 11.3 Å². The Morgan fingerprint density at radius 2 is 1.65 bits per heavy atom. The molecule has 1 N–H and O–H groups in total. The van der Waals surface area contributed by atoms with Crippen LogP contribution in [0.25, 0.3) is 0 Å². The number of hydrogen-bond donors (Lipinski definition) is 1. The zero-order valence-electron chi connectivity index (χ0n) is 10.9. The number of ether oxygens (including phenoxy) is 3. The van der Waals surface area contributed by atoms with Crippen LogP contribution >= 0.6 is 0 Å². The molecule has 3 saturated heterocycles. The Bertz CT molecular complexity index is 229. The summed E-state index contributed by atoms with van der Waals surface area (Å²) in [6.45, 7) is 6.71. The molecule has 4 nitrogen and oxygen atoms in total. The maximum absolute atomic E-state index is 8.74. The second-order valence-corrected chi connectivity index (χ2v) is 5.75. The highest BCUT2D eigenvalue weighted by molar-refractivity contribution is 4.86. The van der Waals surface area contributed by atoms with Gasteiger partial charge in [0.15, 0.2) is 0 Å². The summed E-state index contributed by atoms with van der Waals surface area (Å²) < 4.78 is 17.4. The summed E-state index contributed by atoms with van der Waals surface area (Å²) in [5, 5.41) is 8.74. The van der Waals surface area contributed by atoms with Crippen molar-refractivity contribution in [3.8, 4) is 0 Å². The molecule has 3 heterocycles. The van der Waals surface area contributed by atoms with Crippen molar-refractivity contribution in [1.29, 1.82) is 0 Å². The molecule has 0 saturated carbocycles. The summed E-state index contributed by atoms with van der Waals surface area (Å²) in [5.41, 5.74) is 0.0400. The Kier molecular flexibility index (Phi) is 4.08. The maximum atomic E-state index is 8.74. The molecule has 3 aliphatic heterocycles. The van der Waals surface area contributed by atoms with Gasteiger partial charge in [0.05, 0.1) is 19.8 Å². The van der Waals surface area contributed by atoms with Crippen molar-refractivity contribution >= 4 is 0 Å². The molecule has 100 valence electrons. The van der Waals surface area contributed by atoms with Crippen molar-refractivity contribution in [2.75, 3.05) is 26.4 Å². The molecule has 0 radical (unpaired) electrons. The molecule has 0 spiro atoms. The molecule has 1 unspecified atom stereocenters. The maximum Gasteiger partial charge on any atom is 0.285 e. The van der Waals surface area contributed by atoms with E-state index >= 15 is 0 Å². The highest BCUT2D eigenvalue weighted by Crippen LogP contribution is 2.43. The van der Waals surface area contributed by atoms with E-state index in [2.05, 4.69) is 13.8 Å². The molecule has 1 atom stereocenters. The van der Waals surface area contributed by atoms with Gasteiger partial charge >= 0.3 is 0 Å². The summed E-state index contributed by atoms with van der Waals surface area (Å²) in [4.78, 5) is 0. The molecule has 2 bridgehead atoms. The Morgan fingerprint density at radius 1 is 1.06 bits per heavy atom. The van der Waals surface area contributed by atoms with Gasteiger partial charge in [0, 0.05) is 17.9 Å². The monoisotopic (exact) mass is 244 g/mol. The van der Waals surface area contributed by atoms with Gasteiger partial charge in [0.2, 0.25) is 0 Å². The first kappa shape index (κ1) is 13.3. The number of aliphatic hydroxyl groups excluding tert-OH is 1. The van der Waals surface area contributed by atoms with Gasteiger partial charge in [-0.15, -0.1) is 0 Å². The summed E-state index contributed by atoms with van der Waals surface area (Å²) >= 11 is 0. The minimum absolute atomic E-state index is 0.0400. The van der Waals surface area contributed by atoms with Gasteiger partial charge in [0.25, 0.3) is 5.97 Å². The normalized spacial score (nSPS) is 38.3. The minimum Gasteiger partial charge on any atom is -0.396 e. The fourth-order valence-corrected chi connectivity index (χ4v) is 2.42. The van der Waals surface area contributed by atoms with Crippen molar-refractivity contribution in [1.82, 2.24) is 0 Å². The van der Waals surface area contributed by atoms with Crippen molar-refractivity contribution in [2.45, 2.75) is 45.5 Å². The summed E-state index contributed by atoms with van der Waals surface area (Å²) in [7, 11) is 0. The van der Waals surface area contributed by atoms with Crippen LogP contribution in [0.3, 0.4) is 0 Å². The molecule has 0 aromatic heterocycles. The van der Waals surface area contributed by atoms with Gasteiger partial charge < -0.3 is 19.3 Å². The molecule has 3 fully saturated rings. The Balaban J connectivity index is 1.80. The van der Waals surface area contributed by atoms with Gasteiger partial charge in [-0.1, -0.05) is 26.7 Å². The van der Waals surface area contributed by atoms with E-state index in [0.717, 1.165) is 45.5 Å². The quantitative estimate of drug-likeness (QED) is 0.725. The third-order valence-corrected chi connectivity index (χ3v) is 3.76. The van der Waals surface area contributed by atoms with Gasteiger partial charge in [-0.3, -0.25) is 0 Å². The largest absolute Gasteiger partial charge is 0.396 e. The van der Waals surface area contributed by atoms with Gasteiger partial charge in [-0.05, 0) is 12.8 Å². The van der Waals surface area contributed by atoms with Crippen LogP contribution < -0.4 is 0 Å². The number of aliphatic hydroxyl groups is 1. The van der Waals surface area contributed by atoms with Gasteiger partial charge in [-0.25, -0.2) is 0 Å². The van der Waals surface area contributed by atoms with Crippen molar-refractivity contribution in [3.63, 3.8) is 0 Å².